The minimum Gasteiger partial charge on any atom is -0.457 e. The van der Waals surface area contributed by atoms with Gasteiger partial charge >= 0.3 is 0 Å². The third-order valence-electron chi connectivity index (χ3n) is 3.08. The van der Waals surface area contributed by atoms with Crippen LogP contribution in [0, 0.1) is 6.92 Å². The van der Waals surface area contributed by atoms with Gasteiger partial charge in [0.25, 0.3) is 0 Å². The van der Waals surface area contributed by atoms with Crippen LogP contribution >= 0.6 is 11.6 Å². The molecule has 0 fully saturated rings. The Morgan fingerprint density at radius 3 is 2.45 bits per heavy atom. The largest absolute Gasteiger partial charge is 0.457 e. The van der Waals surface area contributed by atoms with Crippen LogP contribution in [0.3, 0.4) is 0 Å². The smallest absolute Gasteiger partial charge is 0.133 e. The Morgan fingerprint density at radius 2 is 1.75 bits per heavy atom. The van der Waals surface area contributed by atoms with Crippen molar-refractivity contribution in [1.82, 2.24) is 5.32 Å². The molecule has 0 unspecified atom stereocenters. The Labute approximate surface area is 125 Å². The highest BCUT2D eigenvalue weighted by atomic mass is 35.5. The van der Waals surface area contributed by atoms with Gasteiger partial charge in [-0.15, -0.1) is 0 Å². The fraction of sp³-hybridized carbons (Fsp3) is 0.294. The van der Waals surface area contributed by atoms with Gasteiger partial charge in [-0.3, -0.25) is 0 Å². The number of halogens is 1. The first kappa shape index (κ1) is 14.9. The lowest BCUT2D eigenvalue weighted by atomic mass is 10.1. The van der Waals surface area contributed by atoms with Gasteiger partial charge in [0, 0.05) is 23.2 Å². The molecular weight excluding hydrogens is 270 g/mol. The number of nitrogens with one attached hydrogen (secondary N) is 1. The molecule has 2 nitrogen and oxygen atoms in total. The molecule has 3 heteroatoms. The minimum absolute atomic E-state index is 0.401. The van der Waals surface area contributed by atoms with E-state index in [1.165, 1.54) is 0 Å². The van der Waals surface area contributed by atoms with Gasteiger partial charge in [0.15, 0.2) is 0 Å². The molecule has 0 heterocycles. The van der Waals surface area contributed by atoms with Crippen LogP contribution in [0.25, 0.3) is 0 Å². The third-order valence-corrected chi connectivity index (χ3v) is 3.43. The second-order valence-electron chi connectivity index (χ2n) is 5.12. The van der Waals surface area contributed by atoms with Crippen LogP contribution < -0.4 is 10.1 Å². The fourth-order valence-electron chi connectivity index (χ4n) is 1.90. The highest BCUT2D eigenvalue weighted by Crippen LogP contribution is 2.31. The monoisotopic (exact) mass is 289 g/mol. The van der Waals surface area contributed by atoms with Crippen LogP contribution in [0.4, 0.5) is 0 Å². The molecule has 2 rings (SSSR count). The molecule has 0 atom stereocenters. The number of hydrogen-bond donors (Lipinski definition) is 1. The molecule has 0 aromatic heterocycles. The predicted molar refractivity (Wildman–Crippen MR) is 84.7 cm³/mol. The predicted octanol–water partition coefficient (Wildman–Crippen LogP) is 4.94. The number of ether oxygens (including phenoxy) is 1. The maximum Gasteiger partial charge on any atom is 0.133 e. The van der Waals surface area contributed by atoms with Gasteiger partial charge in [-0.25, -0.2) is 0 Å². The topological polar surface area (TPSA) is 21.3 Å². The summed E-state index contributed by atoms with van der Waals surface area (Å²) >= 11 is 6.30. The van der Waals surface area contributed by atoms with Crippen molar-refractivity contribution in [1.29, 1.82) is 0 Å². The van der Waals surface area contributed by atoms with Crippen molar-refractivity contribution < 1.29 is 4.74 Å². The maximum absolute atomic E-state index is 6.30. The summed E-state index contributed by atoms with van der Waals surface area (Å²) in [5.74, 6) is 1.67. The second kappa shape index (κ2) is 6.78. The third kappa shape index (κ3) is 3.75. The Balaban J connectivity index is 2.27. The molecular formula is C17H20ClNO. The van der Waals surface area contributed by atoms with E-state index in [0.717, 1.165) is 27.6 Å². The summed E-state index contributed by atoms with van der Waals surface area (Å²) in [4.78, 5) is 0. The summed E-state index contributed by atoms with van der Waals surface area (Å²) in [6, 6.07) is 14.1. The van der Waals surface area contributed by atoms with E-state index in [1.54, 1.807) is 0 Å². The first-order valence-electron chi connectivity index (χ1n) is 6.82. The first-order chi connectivity index (χ1) is 9.58. The molecule has 0 aliphatic rings. The quantitative estimate of drug-likeness (QED) is 0.842. The number of aryl methyl sites for hydroxylation is 1. The Morgan fingerprint density at radius 1 is 1.05 bits per heavy atom. The van der Waals surface area contributed by atoms with Crippen LogP contribution in [0.2, 0.25) is 5.02 Å². The van der Waals surface area contributed by atoms with Crippen LogP contribution in [-0.2, 0) is 6.54 Å². The van der Waals surface area contributed by atoms with E-state index >= 15 is 0 Å². The molecule has 0 spiro atoms. The van der Waals surface area contributed by atoms with E-state index in [2.05, 4.69) is 19.2 Å². The summed E-state index contributed by atoms with van der Waals surface area (Å²) in [5.41, 5.74) is 2.10. The Bertz CT molecular complexity index is 581. The lowest BCUT2D eigenvalue weighted by Gasteiger charge is -2.15. The van der Waals surface area contributed by atoms with Gasteiger partial charge in [-0.1, -0.05) is 49.7 Å². The Hall–Kier alpha value is -1.51. The lowest BCUT2D eigenvalue weighted by Crippen LogP contribution is -2.22. The summed E-state index contributed by atoms with van der Waals surface area (Å²) in [5, 5.41) is 4.11. The zero-order valence-electron chi connectivity index (χ0n) is 12.1. The van der Waals surface area contributed by atoms with E-state index in [9.17, 15) is 0 Å². The molecule has 0 bridgehead atoms. The van der Waals surface area contributed by atoms with Crippen LogP contribution in [0.15, 0.2) is 42.5 Å². The average molecular weight is 290 g/mol. The molecule has 2 aromatic rings. The van der Waals surface area contributed by atoms with E-state index in [-0.39, 0.29) is 0 Å². The van der Waals surface area contributed by atoms with Crippen molar-refractivity contribution in [3.63, 3.8) is 0 Å². The van der Waals surface area contributed by atoms with Gasteiger partial charge < -0.3 is 10.1 Å². The van der Waals surface area contributed by atoms with Crippen molar-refractivity contribution in [3.8, 4) is 11.5 Å². The van der Waals surface area contributed by atoms with Gasteiger partial charge in [0.1, 0.15) is 11.5 Å². The van der Waals surface area contributed by atoms with Crippen molar-refractivity contribution >= 4 is 11.6 Å². The van der Waals surface area contributed by atoms with Gasteiger partial charge in [0.2, 0.25) is 0 Å². The van der Waals surface area contributed by atoms with Gasteiger partial charge in [-0.2, -0.15) is 0 Å². The normalized spacial score (nSPS) is 10.8. The van der Waals surface area contributed by atoms with Crippen LogP contribution in [0.5, 0.6) is 11.5 Å². The van der Waals surface area contributed by atoms with E-state index < -0.39 is 0 Å². The molecule has 0 aliphatic carbocycles. The van der Waals surface area contributed by atoms with Crippen molar-refractivity contribution in [3.05, 3.63) is 58.6 Å². The molecule has 0 radical (unpaired) electrons. The number of benzene rings is 2. The molecule has 0 saturated carbocycles. The molecule has 106 valence electrons. The Kier molecular flexibility index (Phi) is 5.05. The highest BCUT2D eigenvalue weighted by Gasteiger charge is 2.10. The minimum atomic E-state index is 0.401. The maximum atomic E-state index is 6.30. The van der Waals surface area contributed by atoms with Crippen LogP contribution in [0.1, 0.15) is 25.0 Å². The van der Waals surface area contributed by atoms with Gasteiger partial charge in [-0.05, 0) is 30.7 Å². The lowest BCUT2D eigenvalue weighted by molar-refractivity contribution is 0.466. The van der Waals surface area contributed by atoms with E-state index in [1.807, 2.05) is 49.4 Å². The van der Waals surface area contributed by atoms with Gasteiger partial charge in [0.05, 0.1) is 0 Å². The van der Waals surface area contributed by atoms with Crippen molar-refractivity contribution in [2.75, 3.05) is 0 Å². The molecule has 2 aromatic carbocycles. The summed E-state index contributed by atoms with van der Waals surface area (Å²) in [6.45, 7) is 6.95. The summed E-state index contributed by atoms with van der Waals surface area (Å²) in [6.07, 6.45) is 0. The zero-order valence-corrected chi connectivity index (χ0v) is 12.9. The van der Waals surface area contributed by atoms with Crippen molar-refractivity contribution in [2.45, 2.75) is 33.4 Å². The number of hydrogen-bond acceptors (Lipinski definition) is 2. The molecule has 0 amide bonds. The van der Waals surface area contributed by atoms with Crippen LogP contribution in [-0.4, -0.2) is 6.04 Å². The average Bonchev–Trinajstić information content (AvgIpc) is 2.40. The summed E-state index contributed by atoms with van der Waals surface area (Å²) < 4.78 is 6.03. The standard InChI is InChI=1S/C17H20ClNO/c1-12(2)19-11-14-15(18)8-6-10-17(14)20-16-9-5-4-7-13(16)3/h4-10,12,19H,11H2,1-3H3. The molecule has 1 N–H and O–H groups in total. The fourth-order valence-corrected chi connectivity index (χ4v) is 2.13. The number of rotatable bonds is 5. The SMILES string of the molecule is Cc1ccccc1Oc1cccc(Cl)c1CNC(C)C. The second-order valence-corrected chi connectivity index (χ2v) is 5.53. The van der Waals surface area contributed by atoms with E-state index in [4.69, 9.17) is 16.3 Å². The van der Waals surface area contributed by atoms with E-state index in [0.29, 0.717) is 12.6 Å². The van der Waals surface area contributed by atoms with Crippen molar-refractivity contribution in [2.24, 2.45) is 0 Å². The number of para-hydroxylation sites is 1. The highest BCUT2D eigenvalue weighted by molar-refractivity contribution is 6.31. The zero-order chi connectivity index (χ0) is 14.5. The first-order valence-corrected chi connectivity index (χ1v) is 7.20. The molecule has 0 saturated heterocycles. The molecule has 0 aliphatic heterocycles. The summed E-state index contributed by atoms with van der Waals surface area (Å²) in [7, 11) is 0. The molecule has 20 heavy (non-hydrogen) atoms.